The van der Waals surface area contributed by atoms with Crippen LogP contribution in [0.1, 0.15) is 21.5 Å². The molecule has 0 aliphatic carbocycles. The minimum Gasteiger partial charge on any atom is -0.503 e. The summed E-state index contributed by atoms with van der Waals surface area (Å²) >= 11 is 0. The first kappa shape index (κ1) is 26.6. The lowest BCUT2D eigenvalue weighted by Crippen LogP contribution is -1.99. The Morgan fingerprint density at radius 1 is 0.892 bits per heavy atom. The highest BCUT2D eigenvalue weighted by Crippen LogP contribution is 2.40. The number of anilines is 1. The van der Waals surface area contributed by atoms with Gasteiger partial charge in [-0.15, -0.1) is 0 Å². The number of nitro benzene ring substituents is 1. The van der Waals surface area contributed by atoms with Crippen LogP contribution in [0.4, 0.5) is 11.4 Å². The molecule has 2 N–H and O–H groups in total. The summed E-state index contributed by atoms with van der Waals surface area (Å²) in [5, 5.41) is 24.4. The van der Waals surface area contributed by atoms with E-state index >= 15 is 0 Å². The highest BCUT2D eigenvalue weighted by Gasteiger charge is 2.14. The molecule has 3 rings (SSSR count). The summed E-state index contributed by atoms with van der Waals surface area (Å²) in [5.74, 6) is 1.16. The highest BCUT2D eigenvalue weighted by molar-refractivity contribution is 6.04. The van der Waals surface area contributed by atoms with Gasteiger partial charge in [0.1, 0.15) is 0 Å². The molecule has 10 heteroatoms. The molecule has 0 radical (unpaired) electrons. The average molecular weight is 507 g/mol. The number of phenols is 1. The van der Waals surface area contributed by atoms with E-state index < -0.39 is 4.92 Å². The molecule has 0 aliphatic heterocycles. The third-order valence-corrected chi connectivity index (χ3v) is 5.36. The van der Waals surface area contributed by atoms with Crippen molar-refractivity contribution in [2.45, 2.75) is 0 Å². The highest BCUT2D eigenvalue weighted by atomic mass is 16.6. The predicted molar refractivity (Wildman–Crippen MR) is 140 cm³/mol. The molecule has 0 amide bonds. The monoisotopic (exact) mass is 506 g/mol. The van der Waals surface area contributed by atoms with Crippen LogP contribution >= 0.6 is 0 Å². The number of carbonyl (C=O) groups excluding carboxylic acids is 1. The second-order valence-electron chi connectivity index (χ2n) is 7.52. The number of carbonyl (C=O) groups is 1. The molecule has 3 aromatic carbocycles. The first-order chi connectivity index (χ1) is 17.8. The normalized spacial score (nSPS) is 10.9. The quantitative estimate of drug-likeness (QED) is 0.0887. The molecule has 0 aliphatic rings. The van der Waals surface area contributed by atoms with Crippen molar-refractivity contribution in [3.63, 3.8) is 0 Å². The number of methoxy groups -OCH3 is 4. The molecule has 0 bridgehead atoms. The second-order valence-corrected chi connectivity index (χ2v) is 7.52. The number of benzene rings is 3. The fourth-order valence-electron chi connectivity index (χ4n) is 3.47. The lowest BCUT2D eigenvalue weighted by molar-refractivity contribution is -0.384. The Morgan fingerprint density at radius 3 is 2.05 bits per heavy atom. The van der Waals surface area contributed by atoms with Gasteiger partial charge >= 0.3 is 0 Å². The van der Waals surface area contributed by atoms with Crippen molar-refractivity contribution in [3.05, 3.63) is 87.6 Å². The van der Waals surface area contributed by atoms with Gasteiger partial charge in [0, 0.05) is 35.5 Å². The Kier molecular flexibility index (Phi) is 8.71. The predicted octanol–water partition coefficient (Wildman–Crippen LogP) is 5.31. The van der Waals surface area contributed by atoms with E-state index in [9.17, 15) is 20.0 Å². The Bertz CT molecular complexity index is 1320. The van der Waals surface area contributed by atoms with Gasteiger partial charge in [0.25, 0.3) is 5.69 Å². The minimum atomic E-state index is -0.537. The number of rotatable bonds is 11. The first-order valence-corrected chi connectivity index (χ1v) is 10.9. The smallest absolute Gasteiger partial charge is 0.269 e. The number of phenolic OH excluding ortho intramolecular Hbond substituents is 1. The zero-order chi connectivity index (χ0) is 26.9. The summed E-state index contributed by atoms with van der Waals surface area (Å²) in [4.78, 5) is 22.7. The summed E-state index contributed by atoms with van der Waals surface area (Å²) in [6.45, 7) is 0. The molecule has 3 aromatic rings. The fourth-order valence-corrected chi connectivity index (χ4v) is 3.47. The molecule has 0 atom stereocenters. The van der Waals surface area contributed by atoms with Crippen LogP contribution in [0.25, 0.3) is 12.2 Å². The number of hydrogen-bond donors (Lipinski definition) is 2. The van der Waals surface area contributed by atoms with E-state index in [0.717, 1.165) is 5.56 Å². The Hall–Kier alpha value is -4.99. The van der Waals surface area contributed by atoms with Crippen molar-refractivity contribution in [3.8, 4) is 28.7 Å². The second kappa shape index (κ2) is 12.1. The van der Waals surface area contributed by atoms with Gasteiger partial charge in [-0.05, 0) is 42.0 Å². The van der Waals surface area contributed by atoms with E-state index in [1.54, 1.807) is 36.4 Å². The van der Waals surface area contributed by atoms with Crippen LogP contribution in [0, 0.1) is 10.1 Å². The van der Waals surface area contributed by atoms with Crippen molar-refractivity contribution in [1.29, 1.82) is 0 Å². The van der Waals surface area contributed by atoms with Gasteiger partial charge in [-0.25, -0.2) is 0 Å². The molecule has 0 heterocycles. The van der Waals surface area contributed by atoms with E-state index in [1.165, 1.54) is 65.0 Å². The molecule has 192 valence electrons. The molecular formula is C27H26N2O8. The molecular weight excluding hydrogens is 480 g/mol. The Balaban J connectivity index is 1.89. The van der Waals surface area contributed by atoms with Gasteiger partial charge in [0.2, 0.25) is 5.75 Å². The number of ether oxygens (including phenoxy) is 4. The number of hydrogen-bond acceptors (Lipinski definition) is 9. The van der Waals surface area contributed by atoms with E-state index in [4.69, 9.17) is 18.9 Å². The summed E-state index contributed by atoms with van der Waals surface area (Å²) in [7, 11) is 6.00. The van der Waals surface area contributed by atoms with Gasteiger partial charge in [0.15, 0.2) is 28.8 Å². The number of nitrogens with one attached hydrogen (secondary N) is 1. The zero-order valence-corrected chi connectivity index (χ0v) is 20.7. The Morgan fingerprint density at radius 2 is 1.51 bits per heavy atom. The lowest BCUT2D eigenvalue weighted by atomic mass is 10.1. The average Bonchev–Trinajstić information content (AvgIpc) is 2.92. The van der Waals surface area contributed by atoms with Gasteiger partial charge in [-0.2, -0.15) is 0 Å². The maximum absolute atomic E-state index is 12.5. The van der Waals surface area contributed by atoms with E-state index in [1.807, 2.05) is 0 Å². The van der Waals surface area contributed by atoms with E-state index in [2.05, 4.69) is 5.32 Å². The number of aromatic hydroxyl groups is 1. The molecule has 0 spiro atoms. The summed E-state index contributed by atoms with van der Waals surface area (Å²) in [6.07, 6.45) is 6.18. The van der Waals surface area contributed by atoms with Crippen LogP contribution in [0.15, 0.2) is 60.8 Å². The Labute approximate surface area is 213 Å². The van der Waals surface area contributed by atoms with Crippen molar-refractivity contribution in [2.75, 3.05) is 33.8 Å². The molecule has 10 nitrogen and oxygen atoms in total. The largest absolute Gasteiger partial charge is 0.503 e. The molecule has 0 aromatic heterocycles. The van der Waals surface area contributed by atoms with Gasteiger partial charge in [-0.1, -0.05) is 12.2 Å². The lowest BCUT2D eigenvalue weighted by Gasteiger charge is -2.13. The van der Waals surface area contributed by atoms with Crippen molar-refractivity contribution >= 4 is 29.3 Å². The summed E-state index contributed by atoms with van der Waals surface area (Å²) in [6, 6.07) is 12.2. The van der Waals surface area contributed by atoms with E-state index in [-0.39, 0.29) is 28.5 Å². The molecule has 0 saturated heterocycles. The van der Waals surface area contributed by atoms with Crippen molar-refractivity contribution in [1.82, 2.24) is 0 Å². The third kappa shape index (κ3) is 6.17. The topological polar surface area (TPSA) is 129 Å². The minimum absolute atomic E-state index is 0.108. The summed E-state index contributed by atoms with van der Waals surface area (Å²) in [5.41, 5.74) is 1.82. The van der Waals surface area contributed by atoms with Crippen LogP contribution in [-0.2, 0) is 0 Å². The maximum atomic E-state index is 12.5. The van der Waals surface area contributed by atoms with Crippen molar-refractivity contribution in [2.24, 2.45) is 0 Å². The SMILES string of the molecule is COc1ccc(C=Cc2cc(OC)c(OC)c(OC)c2)c(NC=CC(=O)c2ccc([N+](=O)[O-])cc2)c1O. The number of allylic oxidation sites excluding steroid dienone is 1. The summed E-state index contributed by atoms with van der Waals surface area (Å²) < 4.78 is 21.3. The van der Waals surface area contributed by atoms with Crippen LogP contribution < -0.4 is 24.3 Å². The fraction of sp³-hybridized carbons (Fsp3) is 0.148. The number of non-ortho nitro benzene ring substituents is 1. The standard InChI is InChI=1S/C27H26N2O8/c1-34-22-12-9-19(6-5-17-15-23(35-2)27(37-4)24(16-17)36-3)25(26(22)31)28-14-13-21(30)18-7-10-20(11-8-18)29(32)33/h5-16,28,31H,1-4H3. The number of nitrogens with zero attached hydrogens (tertiary/aromatic N) is 1. The third-order valence-electron chi connectivity index (χ3n) is 5.36. The van der Waals surface area contributed by atoms with Gasteiger partial charge < -0.3 is 29.4 Å². The van der Waals surface area contributed by atoms with E-state index in [0.29, 0.717) is 28.5 Å². The van der Waals surface area contributed by atoms with Crippen LogP contribution in [0.3, 0.4) is 0 Å². The molecule has 0 unspecified atom stereocenters. The molecule has 37 heavy (non-hydrogen) atoms. The van der Waals surface area contributed by atoms with Gasteiger partial charge in [-0.3, -0.25) is 14.9 Å². The molecule has 0 saturated carbocycles. The zero-order valence-electron chi connectivity index (χ0n) is 20.7. The molecule has 0 fully saturated rings. The van der Waals surface area contributed by atoms with Crippen LogP contribution in [0.2, 0.25) is 0 Å². The number of ketones is 1. The van der Waals surface area contributed by atoms with Gasteiger partial charge in [0.05, 0.1) is 39.0 Å². The van der Waals surface area contributed by atoms with Crippen LogP contribution in [-0.4, -0.2) is 44.3 Å². The number of nitro groups is 1. The van der Waals surface area contributed by atoms with Crippen LogP contribution in [0.5, 0.6) is 28.7 Å². The first-order valence-electron chi connectivity index (χ1n) is 10.9. The maximum Gasteiger partial charge on any atom is 0.269 e. The van der Waals surface area contributed by atoms with Crippen molar-refractivity contribution < 1.29 is 33.8 Å².